The third-order valence-electron chi connectivity index (χ3n) is 10.2. The molecule has 15 nitrogen and oxygen atoms in total. The molecule has 4 aromatic carbocycles. The van der Waals surface area contributed by atoms with Crippen LogP contribution in [0.4, 0.5) is 11.4 Å². The van der Waals surface area contributed by atoms with Crippen LogP contribution in [0.15, 0.2) is 139 Å². The number of aliphatic hydroxyl groups is 2. The largest absolute Gasteiger partial charge is 0.478 e. The molecule has 63 heavy (non-hydrogen) atoms. The number of rotatable bonds is 12. The fraction of sp³-hybridized carbons (Fsp3) is 0.348. The van der Waals surface area contributed by atoms with Gasteiger partial charge in [-0.2, -0.15) is 0 Å². The van der Waals surface area contributed by atoms with Crippen molar-refractivity contribution in [2.75, 3.05) is 105 Å². The number of fused-ring (bicyclic) bond motifs is 4. The van der Waals surface area contributed by atoms with E-state index in [1.54, 1.807) is 23.5 Å². The predicted octanol–water partition coefficient (Wildman–Crippen LogP) is 4.60. The van der Waals surface area contributed by atoms with Crippen molar-refractivity contribution < 1.29 is 45.0 Å². The summed E-state index contributed by atoms with van der Waals surface area (Å²) in [5.41, 5.74) is 4.54. The van der Waals surface area contributed by atoms with Crippen LogP contribution in [0.3, 0.4) is 0 Å². The molecule has 0 atom stereocenters. The molecule has 0 aromatic heterocycles. The number of benzene rings is 4. The minimum absolute atomic E-state index is 0. The van der Waals surface area contributed by atoms with Crippen molar-refractivity contribution in [2.45, 2.75) is 19.6 Å². The summed E-state index contributed by atoms with van der Waals surface area (Å²) < 4.78 is 10.8. The molecule has 336 valence electrons. The lowest BCUT2D eigenvalue weighted by molar-refractivity contribution is -0.134. The summed E-state index contributed by atoms with van der Waals surface area (Å²) in [5, 5.41) is 33.2. The molecule has 2 fully saturated rings. The van der Waals surface area contributed by atoms with E-state index in [9.17, 15) is 9.59 Å². The molecule has 8 rings (SSSR count). The number of nitrogens with zero attached hydrogens (tertiary/aromatic N) is 6. The molecule has 0 amide bonds. The van der Waals surface area contributed by atoms with Crippen LogP contribution in [0.1, 0.15) is 11.1 Å². The van der Waals surface area contributed by atoms with Crippen molar-refractivity contribution >= 4 is 58.5 Å². The normalized spacial score (nSPS) is 15.8. The van der Waals surface area contributed by atoms with Crippen LogP contribution in [0, 0.1) is 0 Å². The number of aliphatic carboxylic acids is 2. The fourth-order valence-corrected chi connectivity index (χ4v) is 9.09. The third kappa shape index (κ3) is 14.7. The topological polar surface area (TPSA) is 203 Å². The highest BCUT2D eigenvalue weighted by molar-refractivity contribution is 7.99. The van der Waals surface area contributed by atoms with E-state index >= 15 is 0 Å². The Morgan fingerprint density at radius 3 is 1.24 bits per heavy atom. The number of hydrogen-bond acceptors (Lipinski definition) is 14. The van der Waals surface area contributed by atoms with Gasteiger partial charge in [0.1, 0.15) is 11.7 Å². The summed E-state index contributed by atoms with van der Waals surface area (Å²) in [6, 6.07) is 33.9. The molecule has 6 N–H and O–H groups in total. The average Bonchev–Trinajstić information content (AvgIpc) is 3.58. The molecule has 0 aliphatic carbocycles. The molecule has 0 unspecified atom stereocenters. The molecule has 4 aromatic rings. The minimum Gasteiger partial charge on any atom is -0.478 e. The van der Waals surface area contributed by atoms with Gasteiger partial charge in [0.05, 0.1) is 51.0 Å². The zero-order valence-corrected chi connectivity index (χ0v) is 36.8. The SMILES string of the molecule is O.O=C(O)/C=C/C(=O)O.OCCOCCN1CCN(C2=Nc3ccccc3Sc3ccccc32)CC1.OCCOCCN1CCN(C2=Nc3ccccc3Sc3ccccc32)CC1. The van der Waals surface area contributed by atoms with E-state index in [2.05, 4.69) is 117 Å². The monoisotopic (exact) mass is 900 g/mol. The third-order valence-corrected chi connectivity index (χ3v) is 12.4. The first-order valence-electron chi connectivity index (χ1n) is 20.7. The Balaban J connectivity index is 0.000000200. The molecular formula is C46H56N6O9S2. The number of ether oxygens (including phenoxy) is 2. The lowest BCUT2D eigenvalue weighted by Crippen LogP contribution is -2.49. The van der Waals surface area contributed by atoms with Crippen LogP contribution < -0.4 is 0 Å². The van der Waals surface area contributed by atoms with Crippen LogP contribution in [0.25, 0.3) is 0 Å². The molecule has 2 saturated heterocycles. The Morgan fingerprint density at radius 2 is 0.873 bits per heavy atom. The highest BCUT2D eigenvalue weighted by atomic mass is 32.2. The van der Waals surface area contributed by atoms with E-state index in [-0.39, 0.29) is 18.7 Å². The van der Waals surface area contributed by atoms with Crippen molar-refractivity contribution in [3.05, 3.63) is 120 Å². The number of piperazine rings is 2. The number of aliphatic hydroxyl groups excluding tert-OH is 2. The maximum absolute atomic E-state index is 9.55. The zero-order chi connectivity index (χ0) is 43.5. The first-order chi connectivity index (χ1) is 30.3. The molecule has 17 heteroatoms. The van der Waals surface area contributed by atoms with Crippen molar-refractivity contribution in [1.82, 2.24) is 19.6 Å². The number of hydrogen-bond donors (Lipinski definition) is 4. The lowest BCUT2D eigenvalue weighted by Gasteiger charge is -2.36. The number of aliphatic imine (C=N–C) groups is 2. The predicted molar refractivity (Wildman–Crippen MR) is 246 cm³/mol. The molecular weight excluding hydrogens is 845 g/mol. The van der Waals surface area contributed by atoms with E-state index in [1.807, 2.05) is 0 Å². The number of carbonyl (C=O) groups is 2. The smallest absolute Gasteiger partial charge is 0.328 e. The van der Waals surface area contributed by atoms with E-state index < -0.39 is 11.9 Å². The molecule has 4 aliphatic heterocycles. The highest BCUT2D eigenvalue weighted by Crippen LogP contribution is 2.42. The minimum atomic E-state index is -1.26. The highest BCUT2D eigenvalue weighted by Gasteiger charge is 2.26. The second-order valence-corrected chi connectivity index (χ2v) is 16.5. The van der Waals surface area contributed by atoms with E-state index in [0.29, 0.717) is 38.6 Å². The van der Waals surface area contributed by atoms with Crippen molar-refractivity contribution in [1.29, 1.82) is 0 Å². The van der Waals surface area contributed by atoms with E-state index in [4.69, 9.17) is 39.9 Å². The number of amidine groups is 2. The van der Waals surface area contributed by atoms with Crippen molar-refractivity contribution in [2.24, 2.45) is 9.98 Å². The van der Waals surface area contributed by atoms with Gasteiger partial charge in [0.2, 0.25) is 0 Å². The van der Waals surface area contributed by atoms with Gasteiger partial charge in [0, 0.05) is 108 Å². The van der Waals surface area contributed by atoms with Gasteiger partial charge in [-0.05, 0) is 36.4 Å². The molecule has 4 heterocycles. The first-order valence-corrected chi connectivity index (χ1v) is 22.3. The lowest BCUT2D eigenvalue weighted by atomic mass is 10.1. The molecule has 4 aliphatic rings. The zero-order valence-electron chi connectivity index (χ0n) is 35.1. The second kappa shape index (κ2) is 25.9. The molecule has 0 bridgehead atoms. The van der Waals surface area contributed by atoms with Crippen LogP contribution >= 0.6 is 23.5 Å². The van der Waals surface area contributed by atoms with E-state index in [1.165, 1.54) is 30.7 Å². The Bertz CT molecular complexity index is 2020. The van der Waals surface area contributed by atoms with Gasteiger partial charge in [-0.15, -0.1) is 0 Å². The summed E-state index contributed by atoms with van der Waals surface area (Å²) in [5.74, 6) is -0.349. The van der Waals surface area contributed by atoms with Crippen LogP contribution in [-0.4, -0.2) is 174 Å². The number of carboxylic acids is 2. The van der Waals surface area contributed by atoms with Crippen molar-refractivity contribution in [3.63, 3.8) is 0 Å². The van der Waals surface area contributed by atoms with Crippen molar-refractivity contribution in [3.8, 4) is 0 Å². The van der Waals surface area contributed by atoms with Gasteiger partial charge >= 0.3 is 11.9 Å². The fourth-order valence-electron chi connectivity index (χ4n) is 7.05. The van der Waals surface area contributed by atoms with Crippen LogP contribution in [-0.2, 0) is 19.1 Å². The Kier molecular flexibility index (Phi) is 20.1. The standard InChI is InChI=1S/2C21H25N3O2S.C4H4O4.H2O/c2*25-14-16-26-15-13-23-9-11-24(12-10-23)21-17-5-1-3-7-19(17)27-20-8-4-2-6-18(20)22-21;5-3(6)1-2-4(7)8;/h2*1-8,25H,9-16H2;1-2H,(H,5,6)(H,7,8);1H2/b;;2-1+;. The Hall–Kier alpha value is -5.08. The maximum atomic E-state index is 9.55. The Morgan fingerprint density at radius 1 is 0.524 bits per heavy atom. The molecule has 0 radical (unpaired) electrons. The van der Waals surface area contributed by atoms with Gasteiger partial charge in [-0.3, -0.25) is 9.80 Å². The summed E-state index contributed by atoms with van der Waals surface area (Å²) in [7, 11) is 0. The van der Waals surface area contributed by atoms with Crippen LogP contribution in [0.5, 0.6) is 0 Å². The van der Waals surface area contributed by atoms with Gasteiger partial charge in [-0.1, -0.05) is 84.2 Å². The number of carboxylic acid groups (broad SMARTS) is 2. The summed E-state index contributed by atoms with van der Waals surface area (Å²) in [6.07, 6.45) is 1.12. The quantitative estimate of drug-likeness (QED) is 0.114. The maximum Gasteiger partial charge on any atom is 0.328 e. The van der Waals surface area contributed by atoms with Gasteiger partial charge in [0.25, 0.3) is 0 Å². The molecule has 0 spiro atoms. The van der Waals surface area contributed by atoms with Gasteiger partial charge in [0.15, 0.2) is 0 Å². The first kappa shape index (κ1) is 48.9. The molecule has 0 saturated carbocycles. The average molecular weight is 901 g/mol. The number of para-hydroxylation sites is 2. The Labute approximate surface area is 376 Å². The van der Waals surface area contributed by atoms with Crippen LogP contribution in [0.2, 0.25) is 0 Å². The summed E-state index contributed by atoms with van der Waals surface area (Å²) >= 11 is 3.60. The van der Waals surface area contributed by atoms with Gasteiger partial charge in [-0.25, -0.2) is 19.6 Å². The summed E-state index contributed by atoms with van der Waals surface area (Å²) in [4.78, 5) is 43.8. The summed E-state index contributed by atoms with van der Waals surface area (Å²) in [6.45, 7) is 12.0. The van der Waals surface area contributed by atoms with E-state index in [0.717, 1.165) is 88.5 Å². The van der Waals surface area contributed by atoms with Gasteiger partial charge < -0.3 is 45.2 Å². The second-order valence-electron chi connectivity index (χ2n) is 14.3.